The van der Waals surface area contributed by atoms with E-state index in [-0.39, 0.29) is 0 Å². The number of para-hydroxylation sites is 3. The fraction of sp³-hybridized carbons (Fsp3) is 0.100. The number of nitrogens with zero attached hydrogens (tertiary/aromatic N) is 4. The summed E-state index contributed by atoms with van der Waals surface area (Å²) in [7, 11) is 0. The smallest absolute Gasteiger partial charge is 0.0973 e. The predicted octanol–water partition coefficient (Wildman–Crippen LogP) is 16.5. The van der Waals surface area contributed by atoms with Crippen LogP contribution in [0.5, 0.6) is 0 Å². The second-order valence-corrected chi connectivity index (χ2v) is 16.3. The SMILES string of the molecule is CCC1=C(N(c2ccc(-c3ccccc3)cc2)c2ccc(-c3nc4ccccc4nc3-c3ccc(N(c4ccc(-c5ccccc5)cc4)c4ccccc4CC)cc3)cc2)C=CCC1. The van der Waals surface area contributed by atoms with Gasteiger partial charge in [0.1, 0.15) is 0 Å². The van der Waals surface area contributed by atoms with Crippen molar-refractivity contribution in [2.24, 2.45) is 0 Å². The van der Waals surface area contributed by atoms with Gasteiger partial charge in [-0.05, 0) is 132 Å². The van der Waals surface area contributed by atoms with E-state index < -0.39 is 0 Å². The lowest BCUT2D eigenvalue weighted by molar-refractivity contribution is 0.863. The number of anilines is 5. The highest BCUT2D eigenvalue weighted by Gasteiger charge is 2.21. The number of aromatic nitrogens is 2. The number of hydrogen-bond acceptors (Lipinski definition) is 4. The molecule has 9 aromatic rings. The van der Waals surface area contributed by atoms with Crippen molar-refractivity contribution in [3.05, 3.63) is 235 Å². The van der Waals surface area contributed by atoms with Crippen LogP contribution in [0.25, 0.3) is 55.8 Å². The van der Waals surface area contributed by atoms with Crippen molar-refractivity contribution >= 4 is 39.5 Å². The van der Waals surface area contributed by atoms with Crippen molar-refractivity contribution in [2.45, 2.75) is 39.5 Å². The fourth-order valence-corrected chi connectivity index (χ4v) is 8.98. The Morgan fingerprint density at radius 3 is 1.27 bits per heavy atom. The fourth-order valence-electron chi connectivity index (χ4n) is 8.98. The van der Waals surface area contributed by atoms with E-state index in [9.17, 15) is 0 Å². The van der Waals surface area contributed by atoms with Crippen molar-refractivity contribution in [2.75, 3.05) is 9.80 Å². The summed E-state index contributed by atoms with van der Waals surface area (Å²) < 4.78 is 0. The summed E-state index contributed by atoms with van der Waals surface area (Å²) in [6, 6.07) is 73.6. The lowest BCUT2D eigenvalue weighted by atomic mass is 9.97. The molecule has 1 heterocycles. The molecule has 0 atom stereocenters. The Bertz CT molecular complexity index is 3080. The van der Waals surface area contributed by atoms with E-state index in [1.165, 1.54) is 44.8 Å². The van der Waals surface area contributed by atoms with E-state index in [2.05, 4.69) is 218 Å². The molecule has 1 aromatic heterocycles. The largest absolute Gasteiger partial charge is 0.311 e. The predicted molar refractivity (Wildman–Crippen MR) is 270 cm³/mol. The maximum Gasteiger partial charge on any atom is 0.0973 e. The topological polar surface area (TPSA) is 32.3 Å². The summed E-state index contributed by atoms with van der Waals surface area (Å²) >= 11 is 0. The van der Waals surface area contributed by atoms with Gasteiger partial charge in [0.05, 0.1) is 22.4 Å². The molecular formula is C60H50N4. The van der Waals surface area contributed by atoms with Gasteiger partial charge in [-0.3, -0.25) is 0 Å². The summed E-state index contributed by atoms with van der Waals surface area (Å²) in [6.45, 7) is 4.49. The van der Waals surface area contributed by atoms with E-state index in [0.29, 0.717) is 0 Å². The summed E-state index contributed by atoms with van der Waals surface area (Å²) in [5.74, 6) is 0. The van der Waals surface area contributed by atoms with Gasteiger partial charge in [0, 0.05) is 45.3 Å². The van der Waals surface area contributed by atoms with Crippen molar-refractivity contribution in [1.29, 1.82) is 0 Å². The van der Waals surface area contributed by atoms with Gasteiger partial charge in [-0.2, -0.15) is 0 Å². The molecule has 0 unspecified atom stereocenters. The Morgan fingerprint density at radius 1 is 0.391 bits per heavy atom. The van der Waals surface area contributed by atoms with Gasteiger partial charge in [0.25, 0.3) is 0 Å². The van der Waals surface area contributed by atoms with E-state index >= 15 is 0 Å². The van der Waals surface area contributed by atoms with Crippen molar-refractivity contribution in [3.63, 3.8) is 0 Å². The maximum absolute atomic E-state index is 5.31. The maximum atomic E-state index is 5.31. The first-order valence-corrected chi connectivity index (χ1v) is 22.5. The zero-order valence-electron chi connectivity index (χ0n) is 36.4. The number of aryl methyl sites for hydroxylation is 1. The molecular weight excluding hydrogens is 777 g/mol. The van der Waals surface area contributed by atoms with Crippen LogP contribution >= 0.6 is 0 Å². The van der Waals surface area contributed by atoms with Gasteiger partial charge in [0.15, 0.2) is 0 Å². The molecule has 0 aliphatic heterocycles. The molecule has 0 N–H and O–H groups in total. The number of fused-ring (bicyclic) bond motifs is 1. The quantitative estimate of drug-likeness (QED) is 0.123. The van der Waals surface area contributed by atoms with E-state index in [1.807, 2.05) is 24.3 Å². The Kier molecular flexibility index (Phi) is 11.5. The first-order chi connectivity index (χ1) is 31.6. The summed E-state index contributed by atoms with van der Waals surface area (Å²) in [6.07, 6.45) is 8.68. The van der Waals surface area contributed by atoms with Crippen molar-refractivity contribution in [3.8, 4) is 44.8 Å². The zero-order chi connectivity index (χ0) is 43.2. The van der Waals surface area contributed by atoms with Gasteiger partial charge in [-0.25, -0.2) is 9.97 Å². The van der Waals surface area contributed by atoms with Crippen molar-refractivity contribution in [1.82, 2.24) is 9.97 Å². The van der Waals surface area contributed by atoms with Crippen LogP contribution in [0.1, 0.15) is 38.7 Å². The Labute approximate surface area is 377 Å². The zero-order valence-corrected chi connectivity index (χ0v) is 36.4. The summed E-state index contributed by atoms with van der Waals surface area (Å²) in [5, 5.41) is 0. The lowest BCUT2D eigenvalue weighted by Gasteiger charge is -2.30. The molecule has 0 fully saturated rings. The molecule has 0 saturated carbocycles. The third kappa shape index (κ3) is 8.14. The standard InChI is InChI=1S/C60H50N4/c1-3-43-17-11-15-25-57(43)63(51-35-27-47(28-36-51)45-19-7-5-8-20-45)53-39-31-49(32-40-53)59-60(62-56-24-14-13-23-55(56)61-59)50-33-41-54(42-34-50)64(58-26-16-12-18-44(58)4-2)52-37-29-48(30-38-52)46-21-9-6-10-22-46/h5-11,13-17,19-42H,3-4,12,18H2,1-2H3. The normalized spacial score (nSPS) is 12.4. The number of hydrogen-bond donors (Lipinski definition) is 0. The molecule has 0 saturated heterocycles. The molecule has 10 rings (SSSR count). The molecule has 64 heavy (non-hydrogen) atoms. The van der Waals surface area contributed by atoms with E-state index in [0.717, 1.165) is 82.0 Å². The summed E-state index contributed by atoms with van der Waals surface area (Å²) in [5.41, 5.74) is 19.9. The minimum atomic E-state index is 0.852. The molecule has 0 bridgehead atoms. The Balaban J connectivity index is 1.03. The number of rotatable bonds is 12. The minimum absolute atomic E-state index is 0.852. The average molecular weight is 827 g/mol. The highest BCUT2D eigenvalue weighted by molar-refractivity contribution is 5.88. The van der Waals surface area contributed by atoms with Gasteiger partial charge in [-0.15, -0.1) is 0 Å². The first-order valence-electron chi connectivity index (χ1n) is 22.5. The number of allylic oxidation sites excluding steroid dienone is 3. The van der Waals surface area contributed by atoms with Crippen LogP contribution in [0.15, 0.2) is 230 Å². The van der Waals surface area contributed by atoms with Crippen LogP contribution < -0.4 is 9.80 Å². The van der Waals surface area contributed by atoms with Gasteiger partial charge in [-0.1, -0.05) is 159 Å². The van der Waals surface area contributed by atoms with E-state index in [4.69, 9.17) is 9.97 Å². The van der Waals surface area contributed by atoms with Gasteiger partial charge in [0.2, 0.25) is 0 Å². The molecule has 4 nitrogen and oxygen atoms in total. The second kappa shape index (κ2) is 18.3. The highest BCUT2D eigenvalue weighted by atomic mass is 15.2. The lowest BCUT2D eigenvalue weighted by Crippen LogP contribution is -2.18. The first kappa shape index (κ1) is 40.3. The van der Waals surface area contributed by atoms with Crippen LogP contribution in [0.3, 0.4) is 0 Å². The third-order valence-electron chi connectivity index (χ3n) is 12.4. The molecule has 1 aliphatic rings. The monoisotopic (exact) mass is 826 g/mol. The van der Waals surface area contributed by atoms with Crippen LogP contribution in [-0.2, 0) is 6.42 Å². The molecule has 0 amide bonds. The Hall–Kier alpha value is -7.82. The van der Waals surface area contributed by atoms with Crippen LogP contribution in [0.4, 0.5) is 28.4 Å². The number of benzene rings is 8. The average Bonchev–Trinajstić information content (AvgIpc) is 3.38. The minimum Gasteiger partial charge on any atom is -0.311 e. The summed E-state index contributed by atoms with van der Waals surface area (Å²) in [4.78, 5) is 15.4. The molecule has 1 aliphatic carbocycles. The Morgan fingerprint density at radius 2 is 0.797 bits per heavy atom. The van der Waals surface area contributed by atoms with Crippen LogP contribution in [0, 0.1) is 0 Å². The van der Waals surface area contributed by atoms with Crippen LogP contribution in [-0.4, -0.2) is 9.97 Å². The molecule has 310 valence electrons. The van der Waals surface area contributed by atoms with Gasteiger partial charge >= 0.3 is 0 Å². The highest BCUT2D eigenvalue weighted by Crippen LogP contribution is 2.41. The molecule has 4 heteroatoms. The molecule has 0 radical (unpaired) electrons. The van der Waals surface area contributed by atoms with Crippen LogP contribution in [0.2, 0.25) is 0 Å². The third-order valence-corrected chi connectivity index (χ3v) is 12.4. The van der Waals surface area contributed by atoms with E-state index in [1.54, 1.807) is 0 Å². The molecule has 0 spiro atoms. The van der Waals surface area contributed by atoms with Gasteiger partial charge < -0.3 is 9.80 Å². The van der Waals surface area contributed by atoms with Crippen molar-refractivity contribution < 1.29 is 0 Å². The molecule has 8 aromatic carbocycles. The second-order valence-electron chi connectivity index (χ2n) is 16.3.